The SMILES string of the molecule is CC1(C)CCCCC1C(=O)N1CC(=O)NCC1C(=O)O. The summed E-state index contributed by atoms with van der Waals surface area (Å²) in [6.45, 7) is 3.94. The monoisotopic (exact) mass is 282 g/mol. The molecule has 1 aliphatic carbocycles. The van der Waals surface area contributed by atoms with Crippen LogP contribution in [0.3, 0.4) is 0 Å². The van der Waals surface area contributed by atoms with Crippen molar-refractivity contribution in [3.8, 4) is 0 Å². The van der Waals surface area contributed by atoms with Crippen molar-refractivity contribution in [1.29, 1.82) is 0 Å². The minimum atomic E-state index is -1.06. The summed E-state index contributed by atoms with van der Waals surface area (Å²) in [6, 6.07) is -0.946. The Morgan fingerprint density at radius 2 is 2.05 bits per heavy atom. The van der Waals surface area contributed by atoms with Gasteiger partial charge < -0.3 is 15.3 Å². The maximum absolute atomic E-state index is 12.7. The van der Waals surface area contributed by atoms with Gasteiger partial charge in [0, 0.05) is 12.5 Å². The van der Waals surface area contributed by atoms with Crippen LogP contribution in [-0.4, -0.2) is 46.9 Å². The highest BCUT2D eigenvalue weighted by Gasteiger charge is 2.43. The molecule has 2 amide bonds. The summed E-state index contributed by atoms with van der Waals surface area (Å²) in [5, 5.41) is 11.7. The summed E-state index contributed by atoms with van der Waals surface area (Å²) in [5.74, 6) is -1.72. The van der Waals surface area contributed by atoms with Gasteiger partial charge in [-0.3, -0.25) is 9.59 Å². The van der Waals surface area contributed by atoms with Crippen molar-refractivity contribution in [3.63, 3.8) is 0 Å². The van der Waals surface area contributed by atoms with Gasteiger partial charge in [-0.25, -0.2) is 4.79 Å². The Morgan fingerprint density at radius 1 is 1.35 bits per heavy atom. The zero-order valence-corrected chi connectivity index (χ0v) is 12.0. The van der Waals surface area contributed by atoms with Crippen molar-refractivity contribution in [3.05, 3.63) is 0 Å². The molecule has 1 saturated heterocycles. The lowest BCUT2D eigenvalue weighted by atomic mass is 9.68. The first-order valence-corrected chi connectivity index (χ1v) is 7.13. The standard InChI is InChI=1S/C14H22N2O4/c1-14(2)6-4-3-5-9(14)12(18)16-8-11(17)15-7-10(16)13(19)20/h9-10H,3-8H2,1-2H3,(H,15,17)(H,19,20). The number of aliphatic carboxylic acids is 1. The van der Waals surface area contributed by atoms with Crippen LogP contribution in [0.15, 0.2) is 0 Å². The number of nitrogens with one attached hydrogen (secondary N) is 1. The molecule has 0 radical (unpaired) electrons. The molecule has 0 aromatic rings. The molecule has 1 aliphatic heterocycles. The molecule has 6 heteroatoms. The third-order valence-corrected chi connectivity index (χ3v) is 4.56. The number of hydrogen-bond donors (Lipinski definition) is 2. The lowest BCUT2D eigenvalue weighted by Gasteiger charge is -2.42. The Hall–Kier alpha value is -1.59. The highest BCUT2D eigenvalue weighted by molar-refractivity contribution is 5.92. The number of carboxylic acid groups (broad SMARTS) is 1. The molecular formula is C14H22N2O4. The van der Waals surface area contributed by atoms with Gasteiger partial charge in [0.15, 0.2) is 0 Å². The molecule has 2 unspecified atom stereocenters. The first kappa shape index (κ1) is 14.8. The summed E-state index contributed by atoms with van der Waals surface area (Å²) in [5.41, 5.74) is -0.133. The Morgan fingerprint density at radius 3 is 2.65 bits per heavy atom. The molecule has 1 saturated carbocycles. The number of hydrogen-bond acceptors (Lipinski definition) is 3. The lowest BCUT2D eigenvalue weighted by molar-refractivity contribution is -0.158. The lowest BCUT2D eigenvalue weighted by Crippen LogP contribution is -2.61. The quantitative estimate of drug-likeness (QED) is 0.777. The van der Waals surface area contributed by atoms with Crippen LogP contribution in [0.4, 0.5) is 0 Å². The van der Waals surface area contributed by atoms with Crippen LogP contribution < -0.4 is 5.32 Å². The number of carboxylic acids is 1. The van der Waals surface area contributed by atoms with Gasteiger partial charge in [0.2, 0.25) is 11.8 Å². The number of nitrogens with zero attached hydrogens (tertiary/aromatic N) is 1. The van der Waals surface area contributed by atoms with Gasteiger partial charge in [-0.1, -0.05) is 26.7 Å². The molecule has 2 N–H and O–H groups in total. The Balaban J connectivity index is 2.20. The van der Waals surface area contributed by atoms with Crippen LogP contribution in [0.5, 0.6) is 0 Å². The van der Waals surface area contributed by atoms with Crippen LogP contribution in [0, 0.1) is 11.3 Å². The van der Waals surface area contributed by atoms with Crippen molar-refractivity contribution in [2.24, 2.45) is 11.3 Å². The number of rotatable bonds is 2. The van der Waals surface area contributed by atoms with E-state index in [0.29, 0.717) is 0 Å². The maximum atomic E-state index is 12.7. The van der Waals surface area contributed by atoms with Gasteiger partial charge in [0.05, 0.1) is 0 Å². The van der Waals surface area contributed by atoms with Gasteiger partial charge in [0.1, 0.15) is 12.6 Å². The van der Waals surface area contributed by atoms with E-state index in [9.17, 15) is 19.5 Å². The highest BCUT2D eigenvalue weighted by atomic mass is 16.4. The molecule has 2 rings (SSSR count). The summed E-state index contributed by atoms with van der Waals surface area (Å²) in [6.07, 6.45) is 3.81. The van der Waals surface area contributed by atoms with E-state index in [-0.39, 0.29) is 36.2 Å². The van der Waals surface area contributed by atoms with E-state index in [0.717, 1.165) is 25.7 Å². The van der Waals surface area contributed by atoms with E-state index >= 15 is 0 Å². The highest BCUT2D eigenvalue weighted by Crippen LogP contribution is 2.41. The minimum absolute atomic E-state index is 0.00689. The number of piperazine rings is 1. The fourth-order valence-electron chi connectivity index (χ4n) is 3.25. The van der Waals surface area contributed by atoms with E-state index in [1.54, 1.807) is 0 Å². The molecule has 2 fully saturated rings. The Kier molecular flexibility index (Phi) is 4.01. The number of amides is 2. The first-order valence-electron chi connectivity index (χ1n) is 7.13. The predicted octanol–water partition coefficient (Wildman–Crippen LogP) is 0.614. The summed E-state index contributed by atoms with van der Waals surface area (Å²) in [7, 11) is 0. The zero-order chi connectivity index (χ0) is 14.9. The fourth-order valence-corrected chi connectivity index (χ4v) is 3.25. The van der Waals surface area contributed by atoms with Crippen molar-refractivity contribution in [2.75, 3.05) is 13.1 Å². The first-order chi connectivity index (χ1) is 9.33. The topological polar surface area (TPSA) is 86.7 Å². The summed E-state index contributed by atoms with van der Waals surface area (Å²) in [4.78, 5) is 36.7. The largest absolute Gasteiger partial charge is 0.480 e. The fraction of sp³-hybridized carbons (Fsp3) is 0.786. The third kappa shape index (κ3) is 2.78. The molecule has 1 heterocycles. The molecule has 6 nitrogen and oxygen atoms in total. The van der Waals surface area contributed by atoms with E-state index in [1.165, 1.54) is 4.90 Å². The van der Waals surface area contributed by atoms with Crippen LogP contribution in [-0.2, 0) is 14.4 Å². The second kappa shape index (κ2) is 5.42. The van der Waals surface area contributed by atoms with Crippen LogP contribution in [0.2, 0.25) is 0 Å². The zero-order valence-electron chi connectivity index (χ0n) is 12.0. The summed E-state index contributed by atoms with van der Waals surface area (Å²) >= 11 is 0. The van der Waals surface area contributed by atoms with Gasteiger partial charge >= 0.3 is 5.97 Å². The predicted molar refractivity (Wildman–Crippen MR) is 71.9 cm³/mol. The average molecular weight is 282 g/mol. The van der Waals surface area contributed by atoms with Gasteiger partial charge in [-0.2, -0.15) is 0 Å². The molecule has 2 aliphatic rings. The van der Waals surface area contributed by atoms with Crippen LogP contribution >= 0.6 is 0 Å². The maximum Gasteiger partial charge on any atom is 0.328 e. The van der Waals surface area contributed by atoms with Crippen LogP contribution in [0.1, 0.15) is 39.5 Å². The van der Waals surface area contributed by atoms with E-state index in [4.69, 9.17) is 0 Å². The normalized spacial score (nSPS) is 29.7. The second-order valence-corrected chi connectivity index (χ2v) is 6.41. The van der Waals surface area contributed by atoms with E-state index in [2.05, 4.69) is 19.2 Å². The number of carbonyl (C=O) groups is 3. The van der Waals surface area contributed by atoms with E-state index < -0.39 is 12.0 Å². The Labute approximate surface area is 118 Å². The molecule has 0 spiro atoms. The van der Waals surface area contributed by atoms with E-state index in [1.807, 2.05) is 0 Å². The van der Waals surface area contributed by atoms with Gasteiger partial charge in [-0.15, -0.1) is 0 Å². The molecule has 0 aromatic carbocycles. The van der Waals surface area contributed by atoms with Crippen molar-refractivity contribution < 1.29 is 19.5 Å². The molecule has 20 heavy (non-hydrogen) atoms. The van der Waals surface area contributed by atoms with Crippen LogP contribution in [0.25, 0.3) is 0 Å². The molecule has 0 bridgehead atoms. The number of carbonyl (C=O) groups excluding carboxylic acids is 2. The smallest absolute Gasteiger partial charge is 0.328 e. The molecule has 112 valence electrons. The Bertz CT molecular complexity index is 433. The summed E-state index contributed by atoms with van der Waals surface area (Å²) < 4.78 is 0. The average Bonchev–Trinajstić information content (AvgIpc) is 2.37. The molecule has 0 aromatic heterocycles. The van der Waals surface area contributed by atoms with Crippen molar-refractivity contribution in [1.82, 2.24) is 10.2 Å². The minimum Gasteiger partial charge on any atom is -0.480 e. The molecular weight excluding hydrogens is 260 g/mol. The van der Waals surface area contributed by atoms with Gasteiger partial charge in [-0.05, 0) is 18.3 Å². The third-order valence-electron chi connectivity index (χ3n) is 4.56. The van der Waals surface area contributed by atoms with Crippen molar-refractivity contribution >= 4 is 17.8 Å². The second-order valence-electron chi connectivity index (χ2n) is 6.41. The van der Waals surface area contributed by atoms with Crippen molar-refractivity contribution in [2.45, 2.75) is 45.6 Å². The molecule has 2 atom stereocenters. The van der Waals surface area contributed by atoms with Gasteiger partial charge in [0.25, 0.3) is 0 Å².